The average molecular weight is 260 g/mol. The Morgan fingerprint density at radius 3 is 2.76 bits per heavy atom. The highest BCUT2D eigenvalue weighted by molar-refractivity contribution is 6.31. The molecule has 1 amide bonds. The van der Waals surface area contributed by atoms with Gasteiger partial charge in [-0.25, -0.2) is 4.39 Å². The number of esters is 1. The van der Waals surface area contributed by atoms with Gasteiger partial charge in [-0.1, -0.05) is 11.6 Å². The fourth-order valence-electron chi connectivity index (χ4n) is 1.10. The Morgan fingerprint density at radius 2 is 2.18 bits per heavy atom. The molecule has 0 unspecified atom stereocenters. The molecule has 17 heavy (non-hydrogen) atoms. The summed E-state index contributed by atoms with van der Waals surface area (Å²) >= 11 is 5.52. The van der Waals surface area contributed by atoms with Gasteiger partial charge in [-0.05, 0) is 25.1 Å². The van der Waals surface area contributed by atoms with E-state index in [4.69, 9.17) is 11.6 Å². The van der Waals surface area contributed by atoms with Gasteiger partial charge < -0.3 is 10.1 Å². The lowest BCUT2D eigenvalue weighted by molar-refractivity contribution is -0.141. The summed E-state index contributed by atoms with van der Waals surface area (Å²) in [6, 6.07) is 3.56. The van der Waals surface area contributed by atoms with Crippen LogP contribution >= 0.6 is 11.6 Å². The molecule has 0 atom stereocenters. The van der Waals surface area contributed by atoms with Crippen LogP contribution in [0, 0.1) is 5.82 Å². The summed E-state index contributed by atoms with van der Waals surface area (Å²) in [5.74, 6) is -1.65. The van der Waals surface area contributed by atoms with E-state index in [0.29, 0.717) is 0 Å². The van der Waals surface area contributed by atoms with Gasteiger partial charge >= 0.3 is 5.97 Å². The molecule has 0 fully saturated rings. The number of rotatable bonds is 4. The molecule has 1 N–H and O–H groups in total. The fourth-order valence-corrected chi connectivity index (χ4v) is 1.28. The summed E-state index contributed by atoms with van der Waals surface area (Å²) in [7, 11) is 0. The van der Waals surface area contributed by atoms with E-state index in [1.54, 1.807) is 6.92 Å². The number of carbonyl (C=O) groups is 2. The van der Waals surface area contributed by atoms with Crippen LogP contribution in [0.4, 0.5) is 4.39 Å². The molecule has 0 bridgehead atoms. The summed E-state index contributed by atoms with van der Waals surface area (Å²) in [6.07, 6.45) is 0. The van der Waals surface area contributed by atoms with Gasteiger partial charge in [-0.3, -0.25) is 9.59 Å². The molecule has 0 radical (unpaired) electrons. The van der Waals surface area contributed by atoms with Crippen LogP contribution in [0.3, 0.4) is 0 Å². The molecule has 1 rings (SSSR count). The zero-order chi connectivity index (χ0) is 12.8. The van der Waals surface area contributed by atoms with Crippen molar-refractivity contribution in [2.24, 2.45) is 0 Å². The first-order chi connectivity index (χ1) is 8.04. The molecule has 0 aliphatic rings. The van der Waals surface area contributed by atoms with E-state index in [1.807, 2.05) is 0 Å². The van der Waals surface area contributed by atoms with Crippen molar-refractivity contribution in [2.75, 3.05) is 13.2 Å². The van der Waals surface area contributed by atoms with Crippen LogP contribution < -0.4 is 5.32 Å². The van der Waals surface area contributed by atoms with Crippen molar-refractivity contribution < 1.29 is 18.7 Å². The molecule has 6 heteroatoms. The molecule has 0 saturated heterocycles. The lowest BCUT2D eigenvalue weighted by Gasteiger charge is -2.05. The maximum atomic E-state index is 12.8. The molecule has 0 aliphatic carbocycles. The van der Waals surface area contributed by atoms with Gasteiger partial charge in [0.25, 0.3) is 5.91 Å². The summed E-state index contributed by atoms with van der Waals surface area (Å²) in [5, 5.41) is 2.19. The number of halogens is 2. The third kappa shape index (κ3) is 4.03. The van der Waals surface area contributed by atoms with E-state index in [1.165, 1.54) is 12.1 Å². The first-order valence-electron chi connectivity index (χ1n) is 4.93. The first kappa shape index (κ1) is 13.4. The van der Waals surface area contributed by atoms with E-state index in [9.17, 15) is 14.0 Å². The van der Waals surface area contributed by atoms with Gasteiger partial charge in [-0.15, -0.1) is 0 Å². The molecule has 0 aliphatic heterocycles. The van der Waals surface area contributed by atoms with Gasteiger partial charge in [0.1, 0.15) is 12.4 Å². The van der Waals surface area contributed by atoms with Crippen molar-refractivity contribution in [1.82, 2.24) is 5.32 Å². The number of amides is 1. The van der Waals surface area contributed by atoms with Crippen molar-refractivity contribution in [1.29, 1.82) is 0 Å². The van der Waals surface area contributed by atoms with Crippen LogP contribution in [0.5, 0.6) is 0 Å². The highest BCUT2D eigenvalue weighted by atomic mass is 35.5. The molecule has 1 aromatic rings. The zero-order valence-electron chi connectivity index (χ0n) is 9.13. The second-order valence-electron chi connectivity index (χ2n) is 3.12. The Hall–Kier alpha value is -1.62. The predicted molar refractivity (Wildman–Crippen MR) is 60.4 cm³/mol. The fraction of sp³-hybridized carbons (Fsp3) is 0.273. The number of benzene rings is 1. The number of hydrogen-bond donors (Lipinski definition) is 1. The lowest BCUT2D eigenvalue weighted by atomic mass is 10.2. The average Bonchev–Trinajstić information content (AvgIpc) is 2.30. The van der Waals surface area contributed by atoms with E-state index in [-0.39, 0.29) is 23.7 Å². The number of carbonyl (C=O) groups excluding carboxylic acids is 2. The number of ether oxygens (including phenoxy) is 1. The molecule has 0 spiro atoms. The standard InChI is InChI=1S/C11H11ClFNO3/c1-2-17-10(15)6-14-11(16)7-3-4-9(13)8(12)5-7/h3-5H,2,6H2,1H3,(H,14,16). The number of hydrogen-bond acceptors (Lipinski definition) is 3. The monoisotopic (exact) mass is 259 g/mol. The van der Waals surface area contributed by atoms with Crippen LogP contribution in [0.2, 0.25) is 5.02 Å². The molecular weight excluding hydrogens is 249 g/mol. The molecule has 0 aromatic heterocycles. The Labute approximate surface area is 103 Å². The highest BCUT2D eigenvalue weighted by Gasteiger charge is 2.10. The topological polar surface area (TPSA) is 55.4 Å². The lowest BCUT2D eigenvalue weighted by Crippen LogP contribution is -2.30. The van der Waals surface area contributed by atoms with Gasteiger partial charge in [-0.2, -0.15) is 0 Å². The van der Waals surface area contributed by atoms with Gasteiger partial charge in [0, 0.05) is 5.56 Å². The van der Waals surface area contributed by atoms with Crippen LogP contribution in [0.15, 0.2) is 18.2 Å². The van der Waals surface area contributed by atoms with Crippen molar-refractivity contribution in [3.8, 4) is 0 Å². The minimum absolute atomic E-state index is 0.145. The van der Waals surface area contributed by atoms with Crippen LogP contribution in [-0.4, -0.2) is 25.0 Å². The Balaban J connectivity index is 2.58. The molecule has 0 heterocycles. The second-order valence-corrected chi connectivity index (χ2v) is 3.52. The van der Waals surface area contributed by atoms with E-state index >= 15 is 0 Å². The molecular formula is C11H11ClFNO3. The SMILES string of the molecule is CCOC(=O)CNC(=O)c1ccc(F)c(Cl)c1. The number of nitrogens with one attached hydrogen (secondary N) is 1. The van der Waals surface area contributed by atoms with E-state index in [0.717, 1.165) is 6.07 Å². The van der Waals surface area contributed by atoms with E-state index < -0.39 is 17.7 Å². The molecule has 1 aromatic carbocycles. The minimum atomic E-state index is -0.603. The summed E-state index contributed by atoms with van der Waals surface area (Å²) in [5.41, 5.74) is 0.181. The molecule has 4 nitrogen and oxygen atoms in total. The maximum Gasteiger partial charge on any atom is 0.325 e. The summed E-state index contributed by atoms with van der Waals surface area (Å²) < 4.78 is 17.5. The Morgan fingerprint density at radius 1 is 1.47 bits per heavy atom. The zero-order valence-corrected chi connectivity index (χ0v) is 9.88. The van der Waals surface area contributed by atoms with Crippen LogP contribution in [0.25, 0.3) is 0 Å². The first-order valence-corrected chi connectivity index (χ1v) is 5.31. The highest BCUT2D eigenvalue weighted by Crippen LogP contribution is 2.15. The van der Waals surface area contributed by atoms with Crippen LogP contribution in [-0.2, 0) is 9.53 Å². The Bertz CT molecular complexity index is 437. The third-order valence-corrected chi connectivity index (χ3v) is 2.17. The second kappa shape index (κ2) is 6.20. The van der Waals surface area contributed by atoms with Crippen molar-refractivity contribution >= 4 is 23.5 Å². The van der Waals surface area contributed by atoms with Crippen molar-refractivity contribution in [2.45, 2.75) is 6.92 Å². The van der Waals surface area contributed by atoms with Crippen molar-refractivity contribution in [3.05, 3.63) is 34.6 Å². The third-order valence-electron chi connectivity index (χ3n) is 1.88. The van der Waals surface area contributed by atoms with Gasteiger partial charge in [0.05, 0.1) is 11.6 Å². The van der Waals surface area contributed by atoms with Gasteiger partial charge in [0.15, 0.2) is 0 Å². The predicted octanol–water partition coefficient (Wildman–Crippen LogP) is 1.77. The molecule has 0 saturated carbocycles. The van der Waals surface area contributed by atoms with Crippen molar-refractivity contribution in [3.63, 3.8) is 0 Å². The largest absolute Gasteiger partial charge is 0.465 e. The van der Waals surface area contributed by atoms with Crippen LogP contribution in [0.1, 0.15) is 17.3 Å². The Kier molecular flexibility index (Phi) is 4.90. The maximum absolute atomic E-state index is 12.8. The molecule has 92 valence electrons. The minimum Gasteiger partial charge on any atom is -0.465 e. The summed E-state index contributed by atoms with van der Waals surface area (Å²) in [4.78, 5) is 22.5. The smallest absolute Gasteiger partial charge is 0.325 e. The normalized spacial score (nSPS) is 9.82. The van der Waals surface area contributed by atoms with E-state index in [2.05, 4.69) is 10.1 Å². The summed E-state index contributed by atoms with van der Waals surface area (Å²) in [6.45, 7) is 1.68. The quantitative estimate of drug-likeness (QED) is 0.839. The van der Waals surface area contributed by atoms with Gasteiger partial charge in [0.2, 0.25) is 0 Å².